The summed E-state index contributed by atoms with van der Waals surface area (Å²) >= 11 is 1.49. The summed E-state index contributed by atoms with van der Waals surface area (Å²) in [5, 5.41) is 12.3. The van der Waals surface area contributed by atoms with Crippen LogP contribution in [0.3, 0.4) is 0 Å². The van der Waals surface area contributed by atoms with Crippen molar-refractivity contribution < 1.29 is 19.4 Å². The van der Waals surface area contributed by atoms with Gasteiger partial charge in [-0.05, 0) is 51.3 Å². The van der Waals surface area contributed by atoms with Crippen molar-refractivity contribution in [2.45, 2.75) is 69.1 Å². The number of thioether (sulfide) groups is 1. The molecule has 226 valence electrons. The number of para-hydroxylation sites is 1. The topological polar surface area (TPSA) is 68.1 Å². The summed E-state index contributed by atoms with van der Waals surface area (Å²) in [4.78, 5) is 19.4. The zero-order chi connectivity index (χ0) is 31.4. The summed E-state index contributed by atoms with van der Waals surface area (Å²) in [5.74, 6) is 1.11. The van der Waals surface area contributed by atoms with E-state index in [1.807, 2.05) is 72.8 Å². The van der Waals surface area contributed by atoms with Crippen molar-refractivity contribution in [2.24, 2.45) is 4.99 Å². The number of rotatable bonds is 4. The number of ether oxygens (including phenoxy) is 2. The van der Waals surface area contributed by atoms with E-state index in [2.05, 4.69) is 59.7 Å². The van der Waals surface area contributed by atoms with Crippen LogP contribution in [0.25, 0.3) is 0 Å². The molecular weight excluding hydrogens is 566 g/mol. The molecule has 0 bridgehead atoms. The van der Waals surface area contributed by atoms with Gasteiger partial charge in [0.15, 0.2) is 4.75 Å². The van der Waals surface area contributed by atoms with Gasteiger partial charge in [-0.1, -0.05) is 126 Å². The van der Waals surface area contributed by atoms with Gasteiger partial charge in [0.05, 0.1) is 7.11 Å². The van der Waals surface area contributed by atoms with Crippen LogP contribution in [0.1, 0.15) is 86.9 Å². The third-order valence-electron chi connectivity index (χ3n) is 8.62. The van der Waals surface area contributed by atoms with Gasteiger partial charge in [-0.2, -0.15) is 0 Å². The lowest BCUT2D eigenvalue weighted by Gasteiger charge is -2.46. The van der Waals surface area contributed by atoms with Crippen LogP contribution >= 0.6 is 11.8 Å². The Morgan fingerprint density at radius 2 is 1.41 bits per heavy atom. The first-order valence-corrected chi connectivity index (χ1v) is 15.8. The highest BCUT2D eigenvalue weighted by Gasteiger charge is 2.62. The predicted octanol–water partition coefficient (Wildman–Crippen LogP) is 8.72. The Hall–Kier alpha value is -4.03. The highest BCUT2D eigenvalue weighted by atomic mass is 32.2. The fraction of sp³-hybridized carbons (Fsp3) is 0.316. The number of aromatic hydroxyl groups is 1. The van der Waals surface area contributed by atoms with Crippen LogP contribution in [-0.4, -0.2) is 27.9 Å². The maximum absolute atomic E-state index is 14.7. The number of benzene rings is 4. The largest absolute Gasteiger partial charge is 0.507 e. The maximum atomic E-state index is 14.7. The van der Waals surface area contributed by atoms with E-state index in [4.69, 9.17) is 14.5 Å². The molecule has 0 unspecified atom stereocenters. The van der Waals surface area contributed by atoms with Gasteiger partial charge in [0, 0.05) is 17.0 Å². The lowest BCUT2D eigenvalue weighted by Crippen LogP contribution is -2.49. The average Bonchev–Trinajstić information content (AvgIpc) is 3.33. The molecule has 4 aromatic carbocycles. The third-order valence-corrected chi connectivity index (χ3v) is 10.1. The van der Waals surface area contributed by atoms with Crippen molar-refractivity contribution in [3.63, 3.8) is 0 Å². The highest BCUT2D eigenvalue weighted by Crippen LogP contribution is 2.61. The number of amides is 1. The van der Waals surface area contributed by atoms with Gasteiger partial charge in [0.2, 0.25) is 0 Å². The van der Waals surface area contributed by atoms with Crippen molar-refractivity contribution in [1.82, 2.24) is 0 Å². The molecule has 2 aliphatic heterocycles. The highest BCUT2D eigenvalue weighted by molar-refractivity contribution is 8.16. The van der Waals surface area contributed by atoms with Crippen LogP contribution in [-0.2, 0) is 15.6 Å². The number of phenols is 1. The molecule has 0 radical (unpaired) electrons. The third kappa shape index (κ3) is 4.99. The van der Waals surface area contributed by atoms with Crippen molar-refractivity contribution in [2.75, 3.05) is 7.11 Å². The first kappa shape index (κ1) is 30.0. The van der Waals surface area contributed by atoms with Crippen molar-refractivity contribution in [3.05, 3.63) is 124 Å². The van der Waals surface area contributed by atoms with Gasteiger partial charge in [-0.25, -0.2) is 4.99 Å². The predicted molar refractivity (Wildman–Crippen MR) is 178 cm³/mol. The smallest absolute Gasteiger partial charge is 0.268 e. The van der Waals surface area contributed by atoms with Gasteiger partial charge in [-0.15, -0.1) is 0 Å². The molecule has 44 heavy (non-hydrogen) atoms. The number of fused-ring (bicyclic) bond motifs is 1. The average molecular weight is 606 g/mol. The van der Waals surface area contributed by atoms with E-state index in [1.165, 1.54) is 11.8 Å². The van der Waals surface area contributed by atoms with E-state index >= 15 is 0 Å². The molecule has 0 aromatic heterocycles. The molecule has 5 nitrogen and oxygen atoms in total. The quantitative estimate of drug-likeness (QED) is 0.252. The Morgan fingerprint density at radius 3 is 2.00 bits per heavy atom. The summed E-state index contributed by atoms with van der Waals surface area (Å²) in [5.41, 5.74) is 4.65. The molecule has 1 spiro atoms. The van der Waals surface area contributed by atoms with E-state index in [-0.39, 0.29) is 16.7 Å². The van der Waals surface area contributed by atoms with E-state index in [1.54, 1.807) is 7.11 Å². The van der Waals surface area contributed by atoms with Gasteiger partial charge < -0.3 is 14.6 Å². The Bertz CT molecular complexity index is 1710. The van der Waals surface area contributed by atoms with Crippen LogP contribution in [0, 0.1) is 0 Å². The number of methoxy groups -OCH3 is 1. The van der Waals surface area contributed by atoms with Crippen molar-refractivity contribution in [3.8, 4) is 17.2 Å². The Balaban J connectivity index is 1.66. The number of nitrogens with zero attached hydrogens (tertiary/aromatic N) is 1. The molecule has 0 fully saturated rings. The van der Waals surface area contributed by atoms with Crippen LogP contribution in [0.15, 0.2) is 96.0 Å². The van der Waals surface area contributed by atoms with Crippen molar-refractivity contribution >= 4 is 22.7 Å². The standard InChI is InChI=1S/C38H39NO4S/c1-36(2,3)28-21-25(22-29(32(28)40)37(4,5)6)31-27-15-11-12-16-30(27)43-33(23-17-19-26(42-7)20-18-23)38(31)35(41)39-34(44-38)24-13-9-8-10-14-24/h8-22,31,33,40H,1-7H3/t31-,33-,38-/m1/s1. The lowest BCUT2D eigenvalue weighted by atomic mass is 9.70. The molecule has 0 aliphatic carbocycles. The molecule has 1 N–H and O–H groups in total. The second kappa shape index (κ2) is 10.8. The summed E-state index contributed by atoms with van der Waals surface area (Å²) < 4.78 is 11.1. The zero-order valence-corrected chi connectivity index (χ0v) is 27.2. The Kier molecular flexibility index (Phi) is 7.40. The normalized spacial score (nSPS) is 21.5. The molecular formula is C38H39NO4S. The molecule has 0 saturated carbocycles. The molecule has 6 heteroatoms. The zero-order valence-electron chi connectivity index (χ0n) is 26.3. The second-order valence-electron chi connectivity index (χ2n) is 13.7. The maximum Gasteiger partial charge on any atom is 0.268 e. The van der Waals surface area contributed by atoms with E-state index in [0.717, 1.165) is 44.9 Å². The molecule has 4 aromatic rings. The summed E-state index contributed by atoms with van der Waals surface area (Å²) in [6, 6.07) is 29.8. The Labute approximate surface area is 264 Å². The number of carbonyl (C=O) groups excluding carboxylic acids is 1. The van der Waals surface area contributed by atoms with Gasteiger partial charge in [0.25, 0.3) is 5.91 Å². The molecule has 6 rings (SSSR count). The second-order valence-corrected chi connectivity index (χ2v) is 15.0. The summed E-state index contributed by atoms with van der Waals surface area (Å²) in [7, 11) is 1.64. The number of carbonyl (C=O) groups is 1. The minimum atomic E-state index is -1.16. The van der Waals surface area contributed by atoms with E-state index in [0.29, 0.717) is 10.8 Å². The first-order valence-electron chi connectivity index (χ1n) is 15.0. The number of aliphatic imine (C=N–C) groups is 1. The van der Waals surface area contributed by atoms with Crippen LogP contribution in [0.4, 0.5) is 0 Å². The molecule has 3 atom stereocenters. The fourth-order valence-corrected chi connectivity index (χ4v) is 7.88. The molecule has 1 amide bonds. The van der Waals surface area contributed by atoms with Crippen molar-refractivity contribution in [1.29, 1.82) is 0 Å². The minimum absolute atomic E-state index is 0.232. The summed E-state index contributed by atoms with van der Waals surface area (Å²) in [6.07, 6.45) is -0.652. The minimum Gasteiger partial charge on any atom is -0.507 e. The SMILES string of the molecule is COc1ccc([C@H]2Oc3ccccc3[C@@H](c3cc(C(C)(C)C)c(O)c(C(C)(C)C)c3)[C@@]23SC(c2ccccc2)=NC3=O)cc1. The van der Waals surface area contributed by atoms with Gasteiger partial charge in [-0.3, -0.25) is 4.79 Å². The first-order chi connectivity index (χ1) is 20.8. The molecule has 2 aliphatic rings. The van der Waals surface area contributed by atoms with E-state index in [9.17, 15) is 9.90 Å². The van der Waals surface area contributed by atoms with Gasteiger partial charge in [0.1, 0.15) is 28.4 Å². The Morgan fingerprint density at radius 1 is 0.818 bits per heavy atom. The van der Waals surface area contributed by atoms with Crippen LogP contribution < -0.4 is 9.47 Å². The number of hydrogen-bond acceptors (Lipinski definition) is 5. The fourth-order valence-electron chi connectivity index (χ4n) is 6.37. The summed E-state index contributed by atoms with van der Waals surface area (Å²) in [6.45, 7) is 12.7. The monoisotopic (exact) mass is 605 g/mol. The molecule has 0 saturated heterocycles. The molecule has 2 heterocycles. The number of hydrogen-bond donors (Lipinski definition) is 1. The van der Waals surface area contributed by atoms with Gasteiger partial charge >= 0.3 is 0 Å². The lowest BCUT2D eigenvalue weighted by molar-refractivity contribution is -0.123. The van der Waals surface area contributed by atoms with Crippen LogP contribution in [0.2, 0.25) is 0 Å². The van der Waals surface area contributed by atoms with Crippen LogP contribution in [0.5, 0.6) is 17.2 Å². The van der Waals surface area contributed by atoms with E-state index < -0.39 is 16.8 Å². The number of phenolic OH excluding ortho intramolecular Hbond substituents is 1.